The van der Waals surface area contributed by atoms with Gasteiger partial charge in [0, 0.05) is 30.1 Å². The number of amides is 2. The standard InChI is InChI=1S/C18H14N4O2S/c1-10(23)21-12-4-2-11(3-5-12)19-8-13-16-14(22-18(13)24)6-7-15-17(16)25-9-20-15/h2-9,19H,1H3,(H,21,23)(H,22,24). The van der Waals surface area contributed by atoms with Gasteiger partial charge in [0.2, 0.25) is 5.91 Å². The van der Waals surface area contributed by atoms with Crippen LogP contribution >= 0.6 is 11.3 Å². The number of anilines is 3. The molecule has 124 valence electrons. The van der Waals surface area contributed by atoms with E-state index in [0.29, 0.717) is 5.57 Å². The summed E-state index contributed by atoms with van der Waals surface area (Å²) < 4.78 is 0.991. The maximum atomic E-state index is 12.3. The maximum absolute atomic E-state index is 12.3. The largest absolute Gasteiger partial charge is 0.361 e. The highest BCUT2D eigenvalue weighted by Gasteiger charge is 2.27. The molecule has 1 aliphatic heterocycles. The second-order valence-electron chi connectivity index (χ2n) is 5.60. The summed E-state index contributed by atoms with van der Waals surface area (Å²) in [7, 11) is 0. The van der Waals surface area contributed by atoms with E-state index in [1.807, 2.05) is 24.3 Å². The maximum Gasteiger partial charge on any atom is 0.257 e. The molecular formula is C18H14N4O2S. The monoisotopic (exact) mass is 350 g/mol. The fourth-order valence-electron chi connectivity index (χ4n) is 2.75. The van der Waals surface area contributed by atoms with E-state index in [1.165, 1.54) is 18.3 Å². The summed E-state index contributed by atoms with van der Waals surface area (Å²) in [6.45, 7) is 1.47. The Morgan fingerprint density at radius 2 is 1.92 bits per heavy atom. The Morgan fingerprint density at radius 3 is 2.68 bits per heavy atom. The van der Waals surface area contributed by atoms with Crippen molar-refractivity contribution in [2.45, 2.75) is 6.92 Å². The molecular weight excluding hydrogens is 336 g/mol. The van der Waals surface area contributed by atoms with Gasteiger partial charge in [0.1, 0.15) is 0 Å². The second-order valence-corrected chi connectivity index (χ2v) is 6.46. The van der Waals surface area contributed by atoms with E-state index in [0.717, 1.165) is 32.8 Å². The molecule has 0 saturated heterocycles. The SMILES string of the molecule is CC(=O)Nc1ccc(NC=C2C(=O)Nc3ccc4ncsc4c32)cc1. The van der Waals surface area contributed by atoms with Gasteiger partial charge in [-0.1, -0.05) is 0 Å². The molecule has 0 radical (unpaired) electrons. The molecule has 7 heteroatoms. The minimum atomic E-state index is -0.140. The second kappa shape index (κ2) is 6.03. The molecule has 1 aromatic heterocycles. The lowest BCUT2D eigenvalue weighted by atomic mass is 10.1. The number of benzene rings is 2. The number of hydrogen-bond donors (Lipinski definition) is 3. The van der Waals surface area contributed by atoms with Crippen molar-refractivity contribution in [1.82, 2.24) is 4.98 Å². The molecule has 2 heterocycles. The van der Waals surface area contributed by atoms with Crippen molar-refractivity contribution in [3.8, 4) is 0 Å². The summed E-state index contributed by atoms with van der Waals surface area (Å²) in [6.07, 6.45) is 1.70. The zero-order chi connectivity index (χ0) is 17.4. The minimum Gasteiger partial charge on any atom is -0.361 e. The first-order valence-corrected chi connectivity index (χ1v) is 8.52. The first-order valence-electron chi connectivity index (χ1n) is 7.64. The van der Waals surface area contributed by atoms with Gasteiger partial charge in [0.05, 0.1) is 27.0 Å². The average molecular weight is 350 g/mol. The van der Waals surface area contributed by atoms with E-state index < -0.39 is 0 Å². The van der Waals surface area contributed by atoms with Crippen LogP contribution in [-0.2, 0) is 9.59 Å². The highest BCUT2D eigenvalue weighted by atomic mass is 32.1. The fourth-order valence-corrected chi connectivity index (χ4v) is 3.60. The molecule has 0 bridgehead atoms. The number of carbonyl (C=O) groups is 2. The first kappa shape index (κ1) is 15.3. The summed E-state index contributed by atoms with van der Waals surface area (Å²) in [5.74, 6) is -0.256. The van der Waals surface area contributed by atoms with Crippen LogP contribution in [0.3, 0.4) is 0 Å². The van der Waals surface area contributed by atoms with Gasteiger partial charge in [-0.2, -0.15) is 0 Å². The Hall–Kier alpha value is -3.19. The van der Waals surface area contributed by atoms with Crippen LogP contribution < -0.4 is 16.0 Å². The number of rotatable bonds is 3. The van der Waals surface area contributed by atoms with Gasteiger partial charge in [0.15, 0.2) is 0 Å². The predicted octanol–water partition coefficient (Wildman–Crippen LogP) is 3.66. The molecule has 4 rings (SSSR count). The molecule has 0 saturated carbocycles. The van der Waals surface area contributed by atoms with E-state index in [1.54, 1.807) is 23.8 Å². The highest BCUT2D eigenvalue weighted by Crippen LogP contribution is 2.39. The third-order valence-electron chi connectivity index (χ3n) is 3.85. The molecule has 25 heavy (non-hydrogen) atoms. The van der Waals surface area contributed by atoms with Gasteiger partial charge in [-0.25, -0.2) is 4.98 Å². The number of thiazole rings is 1. The minimum absolute atomic E-state index is 0.115. The zero-order valence-electron chi connectivity index (χ0n) is 13.3. The van der Waals surface area contributed by atoms with E-state index in [4.69, 9.17) is 0 Å². The number of carbonyl (C=O) groups excluding carboxylic acids is 2. The van der Waals surface area contributed by atoms with Gasteiger partial charge in [-0.15, -0.1) is 11.3 Å². The van der Waals surface area contributed by atoms with Crippen LogP contribution in [0.25, 0.3) is 15.8 Å². The molecule has 3 aromatic rings. The molecule has 1 aliphatic rings. The molecule has 0 fully saturated rings. The normalized spacial score (nSPS) is 14.4. The zero-order valence-corrected chi connectivity index (χ0v) is 14.1. The molecule has 6 nitrogen and oxygen atoms in total. The van der Waals surface area contributed by atoms with Crippen molar-refractivity contribution >= 4 is 56.0 Å². The van der Waals surface area contributed by atoms with Crippen LogP contribution in [-0.4, -0.2) is 16.8 Å². The van der Waals surface area contributed by atoms with Crippen LogP contribution in [0.15, 0.2) is 48.1 Å². The van der Waals surface area contributed by atoms with E-state index in [-0.39, 0.29) is 11.8 Å². The van der Waals surface area contributed by atoms with Gasteiger partial charge < -0.3 is 16.0 Å². The van der Waals surface area contributed by atoms with Crippen LogP contribution in [0, 0.1) is 0 Å². The number of nitrogens with zero attached hydrogens (tertiary/aromatic N) is 1. The van der Waals surface area contributed by atoms with E-state index >= 15 is 0 Å². The number of hydrogen-bond acceptors (Lipinski definition) is 5. The number of nitrogens with one attached hydrogen (secondary N) is 3. The Labute approximate surface area is 147 Å². The van der Waals surface area contributed by atoms with E-state index in [2.05, 4.69) is 20.9 Å². The summed E-state index contributed by atoms with van der Waals surface area (Å²) in [4.78, 5) is 27.7. The summed E-state index contributed by atoms with van der Waals surface area (Å²) >= 11 is 1.52. The first-order chi connectivity index (χ1) is 12.1. The van der Waals surface area contributed by atoms with Crippen LogP contribution in [0.2, 0.25) is 0 Å². The topological polar surface area (TPSA) is 83.1 Å². The molecule has 0 atom stereocenters. The van der Waals surface area contributed by atoms with Gasteiger partial charge in [0.25, 0.3) is 5.91 Å². The van der Waals surface area contributed by atoms with Crippen molar-refractivity contribution in [3.05, 3.63) is 53.7 Å². The Morgan fingerprint density at radius 1 is 1.16 bits per heavy atom. The molecule has 2 aromatic carbocycles. The number of fused-ring (bicyclic) bond motifs is 3. The van der Waals surface area contributed by atoms with Crippen molar-refractivity contribution in [3.63, 3.8) is 0 Å². The Bertz CT molecular complexity index is 1020. The molecule has 2 amide bonds. The van der Waals surface area contributed by atoms with Crippen LogP contribution in [0.1, 0.15) is 12.5 Å². The molecule has 0 aliphatic carbocycles. The predicted molar refractivity (Wildman–Crippen MR) is 101 cm³/mol. The third kappa shape index (κ3) is 2.85. The van der Waals surface area contributed by atoms with Crippen LogP contribution in [0.5, 0.6) is 0 Å². The van der Waals surface area contributed by atoms with Crippen molar-refractivity contribution in [2.75, 3.05) is 16.0 Å². The van der Waals surface area contributed by atoms with Gasteiger partial charge in [-0.05, 0) is 36.4 Å². The van der Waals surface area contributed by atoms with Crippen molar-refractivity contribution in [1.29, 1.82) is 0 Å². The highest BCUT2D eigenvalue weighted by molar-refractivity contribution is 7.17. The third-order valence-corrected chi connectivity index (χ3v) is 4.71. The fraction of sp³-hybridized carbons (Fsp3) is 0.0556. The number of aromatic nitrogens is 1. The Balaban J connectivity index is 1.63. The molecule has 0 unspecified atom stereocenters. The summed E-state index contributed by atoms with van der Waals surface area (Å²) in [5, 5.41) is 8.74. The smallest absolute Gasteiger partial charge is 0.257 e. The van der Waals surface area contributed by atoms with Crippen molar-refractivity contribution < 1.29 is 9.59 Å². The molecule has 3 N–H and O–H groups in total. The van der Waals surface area contributed by atoms with Crippen molar-refractivity contribution in [2.24, 2.45) is 0 Å². The summed E-state index contributed by atoms with van der Waals surface area (Å²) in [6, 6.07) is 11.0. The van der Waals surface area contributed by atoms with E-state index in [9.17, 15) is 9.59 Å². The lowest BCUT2D eigenvalue weighted by Crippen LogP contribution is -2.06. The van der Waals surface area contributed by atoms with Gasteiger partial charge >= 0.3 is 0 Å². The summed E-state index contributed by atoms with van der Waals surface area (Å²) in [5.41, 5.74) is 6.46. The average Bonchev–Trinajstić information content (AvgIpc) is 3.17. The Kier molecular flexibility index (Phi) is 3.70. The quantitative estimate of drug-likeness (QED) is 0.630. The lowest BCUT2D eigenvalue weighted by molar-refractivity contribution is -0.114. The lowest BCUT2D eigenvalue weighted by Gasteiger charge is -2.05. The molecule has 0 spiro atoms. The van der Waals surface area contributed by atoms with Crippen LogP contribution in [0.4, 0.5) is 17.1 Å². The van der Waals surface area contributed by atoms with Gasteiger partial charge in [-0.3, -0.25) is 9.59 Å².